The number of hydrogen-bond donors (Lipinski definition) is 2. The summed E-state index contributed by atoms with van der Waals surface area (Å²) in [5, 5.41) is 10.3. The summed E-state index contributed by atoms with van der Waals surface area (Å²) in [6.07, 6.45) is 4.55. The van der Waals surface area contributed by atoms with Crippen LogP contribution in [0.1, 0.15) is 20.3 Å². The second-order valence-corrected chi connectivity index (χ2v) is 4.59. The first-order valence-corrected chi connectivity index (χ1v) is 6.36. The Labute approximate surface area is 112 Å². The van der Waals surface area contributed by atoms with E-state index in [0.29, 0.717) is 23.8 Å². The van der Waals surface area contributed by atoms with Crippen LogP contribution in [0.3, 0.4) is 0 Å². The molecule has 0 unspecified atom stereocenters. The van der Waals surface area contributed by atoms with Crippen molar-refractivity contribution in [2.45, 2.75) is 20.3 Å². The highest BCUT2D eigenvalue weighted by Gasteiger charge is 2.07. The zero-order chi connectivity index (χ0) is 13.7. The first kappa shape index (κ1) is 13.3. The molecule has 0 saturated heterocycles. The van der Waals surface area contributed by atoms with E-state index in [4.69, 9.17) is 0 Å². The van der Waals surface area contributed by atoms with E-state index in [2.05, 4.69) is 44.5 Å². The van der Waals surface area contributed by atoms with Crippen molar-refractivity contribution in [2.24, 2.45) is 5.92 Å². The molecule has 7 heteroatoms. The molecular weight excluding hydrogens is 242 g/mol. The second kappa shape index (κ2) is 6.12. The lowest BCUT2D eigenvalue weighted by atomic mass is 10.1. The maximum Gasteiger partial charge on any atom is 0.257 e. The summed E-state index contributed by atoms with van der Waals surface area (Å²) in [6, 6.07) is 1.83. The van der Waals surface area contributed by atoms with E-state index >= 15 is 0 Å². The SMILES string of the molecule is CNc1nc(NCCC(C)C)nc(-n2cccn2)n1. The van der Waals surface area contributed by atoms with E-state index in [0.717, 1.165) is 13.0 Å². The van der Waals surface area contributed by atoms with Gasteiger partial charge in [-0.3, -0.25) is 0 Å². The van der Waals surface area contributed by atoms with Gasteiger partial charge in [0.15, 0.2) is 0 Å². The number of nitrogens with zero attached hydrogens (tertiary/aromatic N) is 5. The van der Waals surface area contributed by atoms with Crippen LogP contribution >= 0.6 is 0 Å². The average Bonchev–Trinajstić information content (AvgIpc) is 2.92. The Hall–Kier alpha value is -2.18. The molecule has 0 bridgehead atoms. The minimum atomic E-state index is 0.497. The maximum atomic E-state index is 4.35. The van der Waals surface area contributed by atoms with Crippen molar-refractivity contribution in [1.29, 1.82) is 0 Å². The van der Waals surface area contributed by atoms with Crippen LogP contribution < -0.4 is 10.6 Å². The molecule has 0 fully saturated rings. The van der Waals surface area contributed by atoms with Crippen LogP contribution in [0.25, 0.3) is 5.95 Å². The van der Waals surface area contributed by atoms with Crippen molar-refractivity contribution < 1.29 is 0 Å². The summed E-state index contributed by atoms with van der Waals surface area (Å²) < 4.78 is 1.61. The molecule has 2 heterocycles. The molecule has 0 saturated carbocycles. The lowest BCUT2D eigenvalue weighted by Gasteiger charge is -2.09. The van der Waals surface area contributed by atoms with Crippen LogP contribution in [-0.4, -0.2) is 38.3 Å². The fourth-order valence-electron chi connectivity index (χ4n) is 1.52. The standard InChI is InChI=1S/C12H19N7/c1-9(2)5-7-14-11-16-10(13-3)17-12(18-11)19-8-4-6-15-19/h4,6,8-9H,5,7H2,1-3H3,(H2,13,14,16,17,18). The Kier molecular flexibility index (Phi) is 4.27. The minimum absolute atomic E-state index is 0.497. The molecule has 0 aromatic carbocycles. The number of rotatable bonds is 6. The highest BCUT2D eigenvalue weighted by molar-refractivity contribution is 5.37. The smallest absolute Gasteiger partial charge is 0.257 e. The summed E-state index contributed by atoms with van der Waals surface area (Å²) in [5.41, 5.74) is 0. The van der Waals surface area contributed by atoms with Gasteiger partial charge in [0.05, 0.1) is 0 Å². The third-order valence-electron chi connectivity index (χ3n) is 2.56. The van der Waals surface area contributed by atoms with E-state index in [1.54, 1.807) is 24.1 Å². The zero-order valence-electron chi connectivity index (χ0n) is 11.5. The molecule has 0 spiro atoms. The van der Waals surface area contributed by atoms with Gasteiger partial charge in [0.1, 0.15) is 0 Å². The van der Waals surface area contributed by atoms with Gasteiger partial charge in [-0.05, 0) is 18.4 Å². The van der Waals surface area contributed by atoms with Crippen molar-refractivity contribution in [3.63, 3.8) is 0 Å². The average molecular weight is 261 g/mol. The van der Waals surface area contributed by atoms with Gasteiger partial charge in [0, 0.05) is 26.0 Å². The fraction of sp³-hybridized carbons (Fsp3) is 0.500. The van der Waals surface area contributed by atoms with E-state index < -0.39 is 0 Å². The highest BCUT2D eigenvalue weighted by Crippen LogP contribution is 2.09. The predicted molar refractivity (Wildman–Crippen MR) is 74.4 cm³/mol. The van der Waals surface area contributed by atoms with E-state index in [-0.39, 0.29) is 0 Å². The van der Waals surface area contributed by atoms with Gasteiger partial charge in [0.25, 0.3) is 5.95 Å². The van der Waals surface area contributed by atoms with Crippen molar-refractivity contribution >= 4 is 11.9 Å². The molecule has 2 aromatic rings. The highest BCUT2D eigenvalue weighted by atomic mass is 15.4. The van der Waals surface area contributed by atoms with Crippen LogP contribution in [0, 0.1) is 5.92 Å². The van der Waals surface area contributed by atoms with Crippen molar-refractivity contribution in [2.75, 3.05) is 24.2 Å². The van der Waals surface area contributed by atoms with Crippen LogP contribution in [-0.2, 0) is 0 Å². The Balaban J connectivity index is 2.16. The van der Waals surface area contributed by atoms with Gasteiger partial charge in [0.2, 0.25) is 11.9 Å². The summed E-state index contributed by atoms with van der Waals surface area (Å²) in [4.78, 5) is 12.9. The largest absolute Gasteiger partial charge is 0.357 e. The predicted octanol–water partition coefficient (Wildman–Crippen LogP) is 1.56. The third kappa shape index (κ3) is 3.64. The molecule has 19 heavy (non-hydrogen) atoms. The third-order valence-corrected chi connectivity index (χ3v) is 2.56. The van der Waals surface area contributed by atoms with Crippen molar-refractivity contribution in [1.82, 2.24) is 24.7 Å². The first-order valence-electron chi connectivity index (χ1n) is 6.36. The van der Waals surface area contributed by atoms with Gasteiger partial charge in [-0.1, -0.05) is 13.8 Å². The fourth-order valence-corrected chi connectivity index (χ4v) is 1.52. The molecule has 0 aliphatic heterocycles. The minimum Gasteiger partial charge on any atom is -0.357 e. The quantitative estimate of drug-likeness (QED) is 0.821. The second-order valence-electron chi connectivity index (χ2n) is 4.59. The Morgan fingerprint density at radius 1 is 1.21 bits per heavy atom. The van der Waals surface area contributed by atoms with Crippen molar-refractivity contribution in [3.8, 4) is 5.95 Å². The Morgan fingerprint density at radius 3 is 2.63 bits per heavy atom. The van der Waals surface area contributed by atoms with Crippen molar-refractivity contribution in [3.05, 3.63) is 18.5 Å². The monoisotopic (exact) mass is 261 g/mol. The number of nitrogens with one attached hydrogen (secondary N) is 2. The summed E-state index contributed by atoms with van der Waals surface area (Å²) in [7, 11) is 1.78. The summed E-state index contributed by atoms with van der Waals surface area (Å²) in [6.45, 7) is 5.20. The molecule has 0 amide bonds. The van der Waals surface area contributed by atoms with Gasteiger partial charge in [-0.25, -0.2) is 4.68 Å². The van der Waals surface area contributed by atoms with E-state index in [1.165, 1.54) is 0 Å². The molecule has 0 radical (unpaired) electrons. The van der Waals surface area contributed by atoms with E-state index in [9.17, 15) is 0 Å². The molecule has 7 nitrogen and oxygen atoms in total. The number of anilines is 2. The molecule has 102 valence electrons. The normalized spacial score (nSPS) is 10.7. The number of aromatic nitrogens is 5. The molecule has 2 aromatic heterocycles. The maximum absolute atomic E-state index is 4.35. The van der Waals surface area contributed by atoms with Crippen LogP contribution in [0.15, 0.2) is 18.5 Å². The van der Waals surface area contributed by atoms with Gasteiger partial charge in [-0.15, -0.1) is 0 Å². The topological polar surface area (TPSA) is 80.5 Å². The Morgan fingerprint density at radius 2 is 2.00 bits per heavy atom. The van der Waals surface area contributed by atoms with E-state index in [1.807, 2.05) is 6.07 Å². The van der Waals surface area contributed by atoms with Crippen LogP contribution in [0.4, 0.5) is 11.9 Å². The molecule has 2 N–H and O–H groups in total. The Bertz CT molecular complexity index is 507. The van der Waals surface area contributed by atoms with Gasteiger partial charge < -0.3 is 10.6 Å². The lowest BCUT2D eigenvalue weighted by molar-refractivity contribution is 0.605. The van der Waals surface area contributed by atoms with Crippen LogP contribution in [0.5, 0.6) is 0 Å². The van der Waals surface area contributed by atoms with Gasteiger partial charge >= 0.3 is 0 Å². The lowest BCUT2D eigenvalue weighted by Crippen LogP contribution is -2.13. The first-order chi connectivity index (χ1) is 9.19. The molecule has 0 aliphatic rings. The van der Waals surface area contributed by atoms with Crippen LogP contribution in [0.2, 0.25) is 0 Å². The summed E-state index contributed by atoms with van der Waals surface area (Å²) in [5.74, 6) is 2.22. The molecule has 0 aliphatic carbocycles. The number of hydrogen-bond acceptors (Lipinski definition) is 6. The molecule has 2 rings (SSSR count). The molecule has 0 atom stereocenters. The summed E-state index contributed by atoms with van der Waals surface area (Å²) >= 11 is 0. The molecular formula is C12H19N7. The van der Waals surface area contributed by atoms with Gasteiger partial charge in [-0.2, -0.15) is 20.1 Å². The zero-order valence-corrected chi connectivity index (χ0v) is 11.5.